The Morgan fingerprint density at radius 1 is 1.17 bits per heavy atom. The minimum atomic E-state index is -0.151. The maximum absolute atomic E-state index is 12.7. The second-order valence-corrected chi connectivity index (χ2v) is 6.72. The number of fused-ring (bicyclic) bond motifs is 2. The van der Waals surface area contributed by atoms with Crippen molar-refractivity contribution in [1.82, 2.24) is 15.0 Å². The molecule has 0 aromatic carbocycles. The zero-order valence-electron chi connectivity index (χ0n) is 12.0. The summed E-state index contributed by atoms with van der Waals surface area (Å²) in [4.78, 5) is 26.1. The number of ketones is 1. The summed E-state index contributed by atoms with van der Waals surface area (Å²) in [5.74, 6) is -0.0486. The lowest BCUT2D eigenvalue weighted by atomic mass is 9.85. The van der Waals surface area contributed by atoms with Crippen LogP contribution in [0.25, 0.3) is 22.0 Å². The quantitative estimate of drug-likeness (QED) is 0.683. The molecule has 2 unspecified atom stereocenters. The number of aromatic nitrogens is 3. The van der Waals surface area contributed by atoms with Gasteiger partial charge in [0, 0.05) is 29.5 Å². The minimum Gasteiger partial charge on any atom is -0.292 e. The van der Waals surface area contributed by atoms with Gasteiger partial charge in [-0.2, -0.15) is 0 Å². The van der Waals surface area contributed by atoms with Crippen molar-refractivity contribution in [3.05, 3.63) is 65.7 Å². The molecule has 1 aliphatic carbocycles. The number of hydrogen-bond acceptors (Lipinski definition) is 5. The summed E-state index contributed by atoms with van der Waals surface area (Å²) in [6, 6.07) is 7.87. The van der Waals surface area contributed by atoms with Crippen molar-refractivity contribution in [2.24, 2.45) is 5.92 Å². The van der Waals surface area contributed by atoms with Gasteiger partial charge < -0.3 is 0 Å². The second kappa shape index (κ2) is 4.73. The third-order valence-electron chi connectivity index (χ3n) is 4.37. The highest BCUT2D eigenvalue weighted by molar-refractivity contribution is 8.02. The third-order valence-corrected chi connectivity index (χ3v) is 5.50. The van der Waals surface area contributed by atoms with Gasteiger partial charge in [-0.1, -0.05) is 6.08 Å². The Kier molecular flexibility index (Phi) is 2.67. The van der Waals surface area contributed by atoms with E-state index in [1.165, 1.54) is 0 Å². The van der Waals surface area contributed by atoms with Gasteiger partial charge in [-0.3, -0.25) is 19.7 Å². The van der Waals surface area contributed by atoms with Crippen LogP contribution in [-0.2, 0) is 0 Å². The fraction of sp³-hybridized carbons (Fsp3) is 0.111. The van der Waals surface area contributed by atoms with E-state index in [0.717, 1.165) is 27.7 Å². The minimum absolute atomic E-state index is 0.0540. The SMILES string of the molecule is O=C1c2nccc3cc(-c4cccnc4)nc(c23)C2SC=CC12. The van der Waals surface area contributed by atoms with Gasteiger partial charge in [-0.05, 0) is 35.1 Å². The summed E-state index contributed by atoms with van der Waals surface area (Å²) in [6.07, 6.45) is 7.24. The Hall–Kier alpha value is -2.53. The predicted octanol–water partition coefficient (Wildman–Crippen LogP) is 3.81. The van der Waals surface area contributed by atoms with Crippen LogP contribution in [0.2, 0.25) is 0 Å². The van der Waals surface area contributed by atoms with Crippen molar-refractivity contribution in [3.8, 4) is 11.3 Å². The number of Topliss-reactive ketones (excluding diaryl/α,β-unsaturated/α-hetero) is 1. The molecule has 5 heteroatoms. The van der Waals surface area contributed by atoms with E-state index >= 15 is 0 Å². The molecule has 2 aliphatic rings. The molecule has 3 aromatic heterocycles. The average molecular weight is 317 g/mol. The molecule has 23 heavy (non-hydrogen) atoms. The Bertz CT molecular complexity index is 984. The third kappa shape index (κ3) is 1.80. The van der Waals surface area contributed by atoms with E-state index in [9.17, 15) is 4.79 Å². The smallest absolute Gasteiger partial charge is 0.190 e. The van der Waals surface area contributed by atoms with Crippen molar-refractivity contribution >= 4 is 28.3 Å². The fourth-order valence-electron chi connectivity index (χ4n) is 3.30. The molecule has 3 aromatic rings. The Labute approximate surface area is 136 Å². The molecule has 0 radical (unpaired) electrons. The molecule has 0 bridgehead atoms. The summed E-state index contributed by atoms with van der Waals surface area (Å²) < 4.78 is 0. The number of pyridine rings is 3. The summed E-state index contributed by atoms with van der Waals surface area (Å²) in [7, 11) is 0. The number of rotatable bonds is 1. The van der Waals surface area contributed by atoms with E-state index in [2.05, 4.69) is 9.97 Å². The normalized spacial score (nSPS) is 21.7. The van der Waals surface area contributed by atoms with E-state index in [1.54, 1.807) is 24.2 Å². The van der Waals surface area contributed by atoms with Crippen LogP contribution in [0.1, 0.15) is 21.4 Å². The van der Waals surface area contributed by atoms with Crippen molar-refractivity contribution < 1.29 is 4.79 Å². The molecule has 0 spiro atoms. The Balaban J connectivity index is 1.84. The van der Waals surface area contributed by atoms with Crippen LogP contribution < -0.4 is 0 Å². The molecule has 0 saturated heterocycles. The molecule has 110 valence electrons. The molecule has 2 atom stereocenters. The van der Waals surface area contributed by atoms with Crippen molar-refractivity contribution in [1.29, 1.82) is 0 Å². The lowest BCUT2D eigenvalue weighted by molar-refractivity contribution is 0.0937. The predicted molar refractivity (Wildman–Crippen MR) is 90.1 cm³/mol. The first-order valence-corrected chi connectivity index (χ1v) is 8.33. The largest absolute Gasteiger partial charge is 0.292 e. The van der Waals surface area contributed by atoms with Gasteiger partial charge in [-0.15, -0.1) is 11.8 Å². The van der Waals surface area contributed by atoms with E-state index in [-0.39, 0.29) is 17.0 Å². The maximum Gasteiger partial charge on any atom is 0.190 e. The molecule has 4 nitrogen and oxygen atoms in total. The first-order chi connectivity index (χ1) is 11.3. The topological polar surface area (TPSA) is 55.7 Å². The van der Waals surface area contributed by atoms with Gasteiger partial charge >= 0.3 is 0 Å². The number of thioether (sulfide) groups is 1. The van der Waals surface area contributed by atoms with Crippen molar-refractivity contribution in [2.75, 3.05) is 0 Å². The number of carbonyl (C=O) groups is 1. The molecule has 0 saturated carbocycles. The van der Waals surface area contributed by atoms with Gasteiger partial charge in [0.25, 0.3) is 0 Å². The van der Waals surface area contributed by atoms with Gasteiger partial charge in [0.1, 0.15) is 5.69 Å². The Morgan fingerprint density at radius 2 is 2.13 bits per heavy atom. The summed E-state index contributed by atoms with van der Waals surface area (Å²) in [5.41, 5.74) is 3.38. The van der Waals surface area contributed by atoms with Crippen LogP contribution in [-0.4, -0.2) is 20.7 Å². The second-order valence-electron chi connectivity index (χ2n) is 5.67. The first-order valence-electron chi connectivity index (χ1n) is 7.39. The van der Waals surface area contributed by atoms with E-state index < -0.39 is 0 Å². The molecular formula is C18H11N3OS. The molecular weight excluding hydrogens is 306 g/mol. The molecule has 0 amide bonds. The van der Waals surface area contributed by atoms with Gasteiger partial charge in [-0.25, -0.2) is 0 Å². The maximum atomic E-state index is 12.7. The van der Waals surface area contributed by atoms with Crippen molar-refractivity contribution in [2.45, 2.75) is 5.25 Å². The zero-order chi connectivity index (χ0) is 15.4. The number of allylic oxidation sites excluding steroid dienone is 1. The highest BCUT2D eigenvalue weighted by Gasteiger charge is 2.40. The molecule has 0 N–H and O–H groups in total. The summed E-state index contributed by atoms with van der Waals surface area (Å²) in [6.45, 7) is 0. The highest BCUT2D eigenvalue weighted by atomic mass is 32.2. The zero-order valence-corrected chi connectivity index (χ0v) is 12.8. The average Bonchev–Trinajstić information content (AvgIpc) is 3.10. The van der Waals surface area contributed by atoms with Gasteiger partial charge in [0.15, 0.2) is 5.78 Å². The lowest BCUT2D eigenvalue weighted by Gasteiger charge is -2.25. The first kappa shape index (κ1) is 13.0. The fourth-order valence-corrected chi connectivity index (χ4v) is 4.42. The molecule has 1 aliphatic heterocycles. The summed E-state index contributed by atoms with van der Waals surface area (Å²) in [5, 5.41) is 3.97. The Morgan fingerprint density at radius 3 is 3.00 bits per heavy atom. The summed E-state index contributed by atoms with van der Waals surface area (Å²) >= 11 is 1.66. The molecule has 5 rings (SSSR count). The van der Waals surface area contributed by atoms with E-state index in [1.807, 2.05) is 41.9 Å². The van der Waals surface area contributed by atoms with Crippen molar-refractivity contribution in [3.63, 3.8) is 0 Å². The van der Waals surface area contributed by atoms with Gasteiger partial charge in [0.2, 0.25) is 0 Å². The lowest BCUT2D eigenvalue weighted by Crippen LogP contribution is -2.24. The number of carbonyl (C=O) groups excluding carboxylic acids is 1. The van der Waals surface area contributed by atoms with Crippen LogP contribution in [0.4, 0.5) is 0 Å². The molecule has 4 heterocycles. The monoisotopic (exact) mass is 317 g/mol. The van der Waals surface area contributed by atoms with Crippen LogP contribution >= 0.6 is 11.8 Å². The number of nitrogens with zero attached hydrogens (tertiary/aromatic N) is 3. The van der Waals surface area contributed by atoms with Crippen LogP contribution in [0.15, 0.2) is 54.3 Å². The van der Waals surface area contributed by atoms with E-state index in [0.29, 0.717) is 5.69 Å². The number of hydrogen-bond donors (Lipinski definition) is 0. The van der Waals surface area contributed by atoms with Crippen LogP contribution in [0, 0.1) is 5.92 Å². The van der Waals surface area contributed by atoms with E-state index in [4.69, 9.17) is 4.98 Å². The van der Waals surface area contributed by atoms with Crippen LogP contribution in [0.5, 0.6) is 0 Å². The van der Waals surface area contributed by atoms with Crippen LogP contribution in [0.3, 0.4) is 0 Å². The highest BCUT2D eigenvalue weighted by Crippen LogP contribution is 2.49. The standard InChI is InChI=1S/C18H11N3OS/c22-17-12-4-7-23-18(12)16-14-10(3-6-20-15(14)17)8-13(21-16)11-2-1-5-19-9-11/h1-9,12,18H. The molecule has 0 fully saturated rings. The van der Waals surface area contributed by atoms with Gasteiger partial charge in [0.05, 0.1) is 22.6 Å².